The molecule has 1 saturated heterocycles. The van der Waals surface area contributed by atoms with Gasteiger partial charge in [-0.25, -0.2) is 0 Å². The number of rotatable bonds is 4. The van der Waals surface area contributed by atoms with Crippen LogP contribution in [0.2, 0.25) is 0 Å². The van der Waals surface area contributed by atoms with E-state index in [1.165, 1.54) is 37.7 Å². The van der Waals surface area contributed by atoms with Crippen molar-refractivity contribution in [3.05, 3.63) is 53.9 Å². The molecule has 1 aliphatic heterocycles. The molecule has 3 rings (SSSR count). The summed E-state index contributed by atoms with van der Waals surface area (Å²) in [5.41, 5.74) is 0.334. The van der Waals surface area contributed by atoms with Crippen LogP contribution >= 0.6 is 14.9 Å². The smallest absolute Gasteiger partial charge is 0.371 e. The van der Waals surface area contributed by atoms with E-state index in [1.54, 1.807) is 12.1 Å². The summed E-state index contributed by atoms with van der Waals surface area (Å²) in [5.74, 6) is -0.308. The zero-order valence-electron chi connectivity index (χ0n) is 14.3. The molecule has 4 N–H and O–H groups in total. The number of aliphatic hydroxyl groups is 1. The van der Waals surface area contributed by atoms with Gasteiger partial charge >= 0.3 is 7.60 Å². The minimum absolute atomic E-state index is 0.0471. The lowest BCUT2D eigenvalue weighted by atomic mass is 10.2. The molecule has 146 valence electrons. The highest BCUT2D eigenvalue weighted by atomic mass is 31.2. The zero-order valence-corrected chi connectivity index (χ0v) is 16.1. The molecule has 1 fully saturated rings. The van der Waals surface area contributed by atoms with Gasteiger partial charge in [0.05, 0.1) is 12.7 Å². The van der Waals surface area contributed by atoms with Crippen LogP contribution in [0.15, 0.2) is 42.7 Å². The molecule has 1 aromatic heterocycles. The molecule has 11 heteroatoms. The first-order chi connectivity index (χ1) is 12.6. The molecule has 0 radical (unpaired) electrons. The van der Waals surface area contributed by atoms with E-state index < -0.39 is 32.7 Å². The molecule has 0 bridgehead atoms. The average Bonchev–Trinajstić information content (AvgIpc) is 2.60. The molecule has 0 saturated carbocycles. The van der Waals surface area contributed by atoms with Crippen LogP contribution in [0.25, 0.3) is 0 Å². The second kappa shape index (κ2) is 7.04. The van der Waals surface area contributed by atoms with Crippen molar-refractivity contribution in [2.24, 2.45) is 0 Å². The van der Waals surface area contributed by atoms with Crippen molar-refractivity contribution in [3.8, 4) is 11.5 Å². The van der Waals surface area contributed by atoms with E-state index >= 15 is 0 Å². The highest BCUT2D eigenvalue weighted by molar-refractivity contribution is 7.78. The Morgan fingerprint density at radius 1 is 1.30 bits per heavy atom. The van der Waals surface area contributed by atoms with Crippen molar-refractivity contribution in [2.75, 3.05) is 7.11 Å². The van der Waals surface area contributed by atoms with Crippen molar-refractivity contribution in [1.29, 1.82) is 0 Å². The molecule has 1 aliphatic rings. The van der Waals surface area contributed by atoms with Crippen molar-refractivity contribution in [1.82, 2.24) is 4.98 Å². The third-order valence-electron chi connectivity index (χ3n) is 4.19. The van der Waals surface area contributed by atoms with Crippen molar-refractivity contribution < 1.29 is 38.3 Å². The summed E-state index contributed by atoms with van der Waals surface area (Å²) in [6, 6.07) is 7.46. The standard InChI is InChI=1S/C16H19NO8P2/c1-23-13-7-3-6-12(14(13)18)15-24-26(2,20)16(19,27(21,22)25-15)9-11-5-4-8-17-10-11/h3-8,10,15,18-20H,2,9H2,1H3,(H,21,22). The molecule has 27 heavy (non-hydrogen) atoms. The van der Waals surface area contributed by atoms with Crippen molar-refractivity contribution in [3.63, 3.8) is 0 Å². The summed E-state index contributed by atoms with van der Waals surface area (Å²) in [6.07, 6.45) is 4.25. The summed E-state index contributed by atoms with van der Waals surface area (Å²) >= 11 is 0. The highest BCUT2D eigenvalue weighted by Gasteiger charge is 2.62. The van der Waals surface area contributed by atoms with Gasteiger partial charge in [0.1, 0.15) is 0 Å². The Bertz CT molecular complexity index is 909. The molecular formula is C16H19NO8P2. The van der Waals surface area contributed by atoms with Gasteiger partial charge < -0.3 is 24.7 Å². The summed E-state index contributed by atoms with van der Waals surface area (Å²) < 4.78 is 28.3. The molecule has 0 aliphatic carbocycles. The first-order valence-electron chi connectivity index (χ1n) is 7.74. The third-order valence-corrected chi connectivity index (χ3v) is 9.24. The number of nitrogens with zero attached hydrogens (tertiary/aromatic N) is 1. The first-order valence-corrected chi connectivity index (χ1v) is 11.2. The number of phenols is 1. The number of para-hydroxylation sites is 1. The van der Waals surface area contributed by atoms with Crippen LogP contribution < -0.4 is 4.74 Å². The predicted molar refractivity (Wildman–Crippen MR) is 98.5 cm³/mol. The first kappa shape index (κ1) is 20.0. The molecule has 4 unspecified atom stereocenters. The normalized spacial score (nSPS) is 33.6. The number of hydrogen-bond donors (Lipinski definition) is 4. The van der Waals surface area contributed by atoms with Crippen LogP contribution in [-0.2, 0) is 20.0 Å². The van der Waals surface area contributed by atoms with Gasteiger partial charge in [0, 0.05) is 18.8 Å². The van der Waals surface area contributed by atoms with Crippen LogP contribution in [0.5, 0.6) is 11.5 Å². The Morgan fingerprint density at radius 3 is 2.63 bits per heavy atom. The summed E-state index contributed by atoms with van der Waals surface area (Å²) in [5, 5.41) is 18.4. The van der Waals surface area contributed by atoms with E-state index in [4.69, 9.17) is 13.8 Å². The molecule has 4 atom stereocenters. The van der Waals surface area contributed by atoms with Gasteiger partial charge in [0.2, 0.25) is 11.4 Å². The Morgan fingerprint density at radius 2 is 2.04 bits per heavy atom. The number of phenolic OH excluding ortho intramolecular Hbond substituents is 1. The fourth-order valence-corrected chi connectivity index (χ4v) is 6.65. The maximum atomic E-state index is 12.9. The largest absolute Gasteiger partial charge is 0.504 e. The Hall–Kier alpha value is -1.70. The number of methoxy groups -OCH3 is 1. The second-order valence-electron chi connectivity index (χ2n) is 5.98. The van der Waals surface area contributed by atoms with Crippen LogP contribution in [-0.4, -0.2) is 43.5 Å². The number of aromatic hydroxyl groups is 1. The van der Waals surface area contributed by atoms with E-state index in [9.17, 15) is 24.6 Å². The van der Waals surface area contributed by atoms with Crippen LogP contribution in [0.3, 0.4) is 0 Å². The molecule has 0 amide bonds. The molecular weight excluding hydrogens is 396 g/mol. The van der Waals surface area contributed by atoms with E-state index in [0.29, 0.717) is 5.56 Å². The average molecular weight is 415 g/mol. The minimum atomic E-state index is -4.87. The fourth-order valence-electron chi connectivity index (χ4n) is 2.68. The van der Waals surface area contributed by atoms with Gasteiger partial charge in [-0.1, -0.05) is 12.1 Å². The van der Waals surface area contributed by atoms with Gasteiger partial charge in [-0.2, -0.15) is 0 Å². The van der Waals surface area contributed by atoms with Crippen molar-refractivity contribution in [2.45, 2.75) is 17.8 Å². The monoisotopic (exact) mass is 415 g/mol. The summed E-state index contributed by atoms with van der Waals surface area (Å²) in [4.78, 5) is 25.0. The maximum absolute atomic E-state index is 12.9. The number of pyridine rings is 1. The number of hydrogen-bond acceptors (Lipinski definition) is 8. The molecule has 1 aromatic carbocycles. The fraction of sp³-hybridized carbons (Fsp3) is 0.250. The van der Waals surface area contributed by atoms with Crippen LogP contribution in [0.1, 0.15) is 17.4 Å². The molecule has 2 aromatic rings. The van der Waals surface area contributed by atoms with E-state index in [-0.39, 0.29) is 17.1 Å². The summed E-state index contributed by atoms with van der Waals surface area (Å²) in [7, 11) is -7.67. The van der Waals surface area contributed by atoms with Gasteiger partial charge in [-0.15, -0.1) is 0 Å². The SMILES string of the molecule is C=P1(O)OC(c2cccc(OC)c2O)OP(=O)(O)C1(O)Cc1cccnc1. The topological polar surface area (TPSA) is 139 Å². The van der Waals surface area contributed by atoms with Gasteiger partial charge in [-0.3, -0.25) is 18.6 Å². The number of aromatic nitrogens is 1. The predicted octanol–water partition coefficient (Wildman–Crippen LogP) is 2.19. The lowest BCUT2D eigenvalue weighted by molar-refractivity contribution is -0.0485. The van der Waals surface area contributed by atoms with Crippen LogP contribution in [0, 0.1) is 0 Å². The second-order valence-corrected chi connectivity index (χ2v) is 10.7. The van der Waals surface area contributed by atoms with E-state index in [0.717, 1.165) is 0 Å². The Kier molecular flexibility index (Phi) is 5.22. The minimum Gasteiger partial charge on any atom is -0.504 e. The zero-order chi connectivity index (χ0) is 19.9. The maximum Gasteiger partial charge on any atom is 0.371 e. The Balaban J connectivity index is 2.00. The van der Waals surface area contributed by atoms with Crippen LogP contribution in [0.4, 0.5) is 0 Å². The molecule has 0 spiro atoms. The van der Waals surface area contributed by atoms with E-state index in [1.807, 2.05) is 0 Å². The van der Waals surface area contributed by atoms with Gasteiger partial charge in [0.25, 0.3) is 0 Å². The summed E-state index contributed by atoms with van der Waals surface area (Å²) in [6.45, 7) is 0. The molecule has 9 nitrogen and oxygen atoms in total. The molecule has 2 heterocycles. The highest BCUT2D eigenvalue weighted by Crippen LogP contribution is 2.79. The quantitative estimate of drug-likeness (QED) is 0.554. The lowest BCUT2D eigenvalue weighted by Crippen LogP contribution is -2.38. The third kappa shape index (κ3) is 3.44. The van der Waals surface area contributed by atoms with E-state index in [2.05, 4.69) is 11.3 Å². The number of ether oxygens (including phenoxy) is 1. The Labute approximate surface area is 155 Å². The van der Waals surface area contributed by atoms with Gasteiger partial charge in [0.15, 0.2) is 18.8 Å². The van der Waals surface area contributed by atoms with Crippen molar-refractivity contribution >= 4 is 21.2 Å². The van der Waals surface area contributed by atoms with Gasteiger partial charge in [-0.05, 0) is 30.1 Å². The lowest BCUT2D eigenvalue weighted by Gasteiger charge is -2.45. The number of benzene rings is 1.